The van der Waals surface area contributed by atoms with Crippen LogP contribution < -0.4 is 115 Å². The molecule has 31 N–H and O–H groups in total. The molecule has 1 heterocycles. The summed E-state index contributed by atoms with van der Waals surface area (Å²) in [6.07, 6.45) is 3.10. The van der Waals surface area contributed by atoms with Crippen LogP contribution in [-0.4, -0.2) is 240 Å². The molecule has 0 saturated carbocycles. The van der Waals surface area contributed by atoms with Crippen LogP contribution in [0.2, 0.25) is 0 Å². The smallest absolute Gasteiger partial charge is 0.245 e. The van der Waals surface area contributed by atoms with E-state index in [1.54, 1.807) is 91.9 Å². The van der Waals surface area contributed by atoms with Crippen molar-refractivity contribution in [2.75, 3.05) is 39.3 Å². The number of carbonyl (C=O) groups excluding carboxylic acids is 15. The quantitative estimate of drug-likeness (QED) is 0.0284. The van der Waals surface area contributed by atoms with Gasteiger partial charge in [0.05, 0.1) is 24.8 Å². The Bertz CT molecular complexity index is 3980. The van der Waals surface area contributed by atoms with Crippen molar-refractivity contribution in [3.8, 4) is 0 Å². The van der Waals surface area contributed by atoms with E-state index < -0.39 is 198 Å². The van der Waals surface area contributed by atoms with Crippen LogP contribution in [0, 0.1) is 29.6 Å². The molecule has 0 aliphatic rings. The first-order valence-electron chi connectivity index (χ1n) is 45.3. The van der Waals surface area contributed by atoms with Gasteiger partial charge < -0.3 is 130 Å². The Kier molecular flexibility index (Phi) is 52.2. The van der Waals surface area contributed by atoms with Crippen LogP contribution in [0.25, 0.3) is 10.9 Å². The molecule has 3 rings (SSSR count). The van der Waals surface area contributed by atoms with Crippen molar-refractivity contribution in [3.05, 3.63) is 71.9 Å². The van der Waals surface area contributed by atoms with Gasteiger partial charge in [-0.3, -0.25) is 71.9 Å². The van der Waals surface area contributed by atoms with Crippen LogP contribution in [-0.2, 0) is 84.8 Å². The summed E-state index contributed by atoms with van der Waals surface area (Å²) in [4.78, 5) is 217. The summed E-state index contributed by atoms with van der Waals surface area (Å²) in [5.41, 5.74) is 43.3. The highest BCUT2D eigenvalue weighted by atomic mass is 16.3. The van der Waals surface area contributed by atoms with E-state index in [-0.39, 0.29) is 114 Å². The van der Waals surface area contributed by atoms with Gasteiger partial charge in [-0.15, -0.1) is 0 Å². The Labute approximate surface area is 753 Å². The Morgan fingerprint density at radius 2 is 0.641 bits per heavy atom. The highest BCUT2D eigenvalue weighted by molar-refractivity contribution is 6.01. The first kappa shape index (κ1) is 112. The average molecular weight is 1800 g/mol. The van der Waals surface area contributed by atoms with Crippen LogP contribution in [0.1, 0.15) is 216 Å². The van der Waals surface area contributed by atoms with Crippen molar-refractivity contribution in [1.82, 2.24) is 79.4 Å². The molecule has 0 spiro atoms. The number of nitrogens with two attached hydrogens (primary N) is 7. The number of amides is 15. The van der Waals surface area contributed by atoms with E-state index in [1.807, 2.05) is 38.1 Å². The van der Waals surface area contributed by atoms with Crippen molar-refractivity contribution in [3.63, 3.8) is 0 Å². The molecule has 0 saturated heterocycles. The Balaban J connectivity index is 1.98. The lowest BCUT2D eigenvalue weighted by Gasteiger charge is -2.30. The summed E-state index contributed by atoms with van der Waals surface area (Å²) in [7, 11) is 0. The minimum absolute atomic E-state index is 0.00359. The van der Waals surface area contributed by atoms with Gasteiger partial charge in [-0.1, -0.05) is 124 Å². The number of aromatic amines is 1. The monoisotopic (exact) mass is 1800 g/mol. The lowest BCUT2D eigenvalue weighted by Crippen LogP contribution is -2.63. The second-order valence-electron chi connectivity index (χ2n) is 35.3. The van der Waals surface area contributed by atoms with E-state index in [0.29, 0.717) is 88.3 Å². The zero-order chi connectivity index (χ0) is 95.9. The number of rotatable bonds is 64. The molecule has 39 heteroatoms. The third-order valence-corrected chi connectivity index (χ3v) is 21.5. The van der Waals surface area contributed by atoms with E-state index in [0.717, 1.165) is 10.9 Å². The minimum Gasteiger partial charge on any atom is -0.391 e. The van der Waals surface area contributed by atoms with E-state index >= 15 is 14.4 Å². The molecule has 16 atom stereocenters. The van der Waals surface area contributed by atoms with Gasteiger partial charge in [0.15, 0.2) is 0 Å². The van der Waals surface area contributed by atoms with Gasteiger partial charge in [-0.25, -0.2) is 0 Å². The van der Waals surface area contributed by atoms with Crippen LogP contribution in [0.5, 0.6) is 0 Å². The maximum Gasteiger partial charge on any atom is 0.245 e. The number of aliphatic hydroxyl groups is 2. The molecule has 39 nitrogen and oxygen atoms in total. The number of primary amides is 1. The second kappa shape index (κ2) is 59.8. The fraction of sp³-hybridized carbons (Fsp3) is 0.674. The molecule has 0 unspecified atom stereocenters. The lowest BCUT2D eigenvalue weighted by molar-refractivity contribution is -0.138. The molecule has 0 aliphatic heterocycles. The van der Waals surface area contributed by atoms with Gasteiger partial charge in [0.2, 0.25) is 88.6 Å². The highest BCUT2D eigenvalue weighted by Gasteiger charge is 2.40. The van der Waals surface area contributed by atoms with Crippen molar-refractivity contribution < 1.29 is 82.1 Å². The van der Waals surface area contributed by atoms with Gasteiger partial charge in [0.1, 0.15) is 78.5 Å². The maximum atomic E-state index is 15.1. The molecule has 15 amide bonds. The molecule has 3 aromatic rings. The van der Waals surface area contributed by atoms with Crippen LogP contribution in [0.4, 0.5) is 0 Å². The molecular formula is C89H152N22O17. The highest BCUT2D eigenvalue weighted by Crippen LogP contribution is 2.22. The van der Waals surface area contributed by atoms with Crippen molar-refractivity contribution in [2.45, 2.75) is 315 Å². The van der Waals surface area contributed by atoms with Crippen molar-refractivity contribution in [1.29, 1.82) is 0 Å². The zero-order valence-corrected chi connectivity index (χ0v) is 77.0. The number of fused-ring (bicyclic) bond motifs is 1. The fourth-order valence-corrected chi connectivity index (χ4v) is 14.4. The molecular weight excluding hydrogens is 1650 g/mol. The predicted molar refractivity (Wildman–Crippen MR) is 488 cm³/mol. The van der Waals surface area contributed by atoms with Gasteiger partial charge in [0, 0.05) is 29.9 Å². The molecule has 128 heavy (non-hydrogen) atoms. The number of carbonyl (C=O) groups is 15. The van der Waals surface area contributed by atoms with E-state index in [1.165, 1.54) is 13.8 Å². The zero-order valence-electron chi connectivity index (χ0n) is 77.0. The summed E-state index contributed by atoms with van der Waals surface area (Å²) in [5, 5.41) is 59.8. The molecule has 0 fully saturated rings. The number of aliphatic hydroxyl groups excluding tert-OH is 2. The average Bonchev–Trinajstić information content (AvgIpc) is 1.62. The van der Waals surface area contributed by atoms with Crippen molar-refractivity contribution in [2.24, 2.45) is 69.7 Å². The fourth-order valence-electron chi connectivity index (χ4n) is 14.4. The number of nitrogens with one attached hydrogen (secondary N) is 15. The summed E-state index contributed by atoms with van der Waals surface area (Å²) in [5.74, 6) is -14.0. The number of benzene rings is 2. The Morgan fingerprint density at radius 1 is 0.328 bits per heavy atom. The van der Waals surface area contributed by atoms with E-state index in [4.69, 9.17) is 40.1 Å². The second-order valence-corrected chi connectivity index (χ2v) is 35.3. The van der Waals surface area contributed by atoms with Gasteiger partial charge >= 0.3 is 0 Å². The maximum absolute atomic E-state index is 15.1. The Morgan fingerprint density at radius 3 is 1.05 bits per heavy atom. The largest absolute Gasteiger partial charge is 0.391 e. The predicted octanol–water partition coefficient (Wildman–Crippen LogP) is -1.57. The summed E-state index contributed by atoms with van der Waals surface area (Å²) < 4.78 is 0. The normalized spacial score (nSPS) is 15.3. The van der Waals surface area contributed by atoms with Gasteiger partial charge in [-0.05, 0) is 209 Å². The first-order chi connectivity index (χ1) is 60.6. The van der Waals surface area contributed by atoms with E-state index in [2.05, 4.69) is 79.4 Å². The van der Waals surface area contributed by atoms with Crippen LogP contribution in [0.15, 0.2) is 60.8 Å². The summed E-state index contributed by atoms with van der Waals surface area (Å²) >= 11 is 0. The minimum atomic E-state index is -1.80. The SMILES string of the molecule is CC(C)C[C@H](NC(=O)CNC(=O)[C@@H](NC(=O)[C@@H](NC(=O)[C@H](CC(C)C)NC(=O)[C@@H](NC(=O)[C@H](CCCCN)NC(=O)[C@H](CC(C)C)NC(=O)[C@H](CCCCN)NC(=O)[C@H](CCCCN)NC(=O)[C@H](Cc1ccccc1)NC(=O)[C@H](CC(C)C)NC(=O)[C@H](CCCCN)NC(=O)[C@H](Cc1c[nH]c2ccccc12)NC(=O)[C@@H](N)CCCCN)C(C)C)[C@@H](C)O)[C@@H](C)O)C(N)=O. The first-order valence-corrected chi connectivity index (χ1v) is 45.3. The standard InChI is InChI=1S/C89H152N22O17/c1-50(2)42-66(76(96)115)99-72(114)49-98-87(126)74(55(11)112)111-89(128)75(56(12)113)110-86(125)69(45-53(7)8)108-88(127)73(54(9)10)109-81(120)65(36-22-27-41-94)103-82(121)67(43-51(3)4)105-79(118)63(34-20-25-39-92)100-78(117)62(33-19-24-38-91)101-84(123)70(46-57-28-14-13-15-29-57)107-83(122)68(44-52(5)6)106-80(119)64(35-21-26-40-93)102-85(124)71(104-77(116)60(95)31-18-23-37-90)47-58-48-97-61-32-17-16-30-59(58)61/h13-17,28-30,32,48,50-56,60,62-71,73-75,97,112-113H,18-27,31,33-47,49,90-95H2,1-12H3,(H2,96,115)(H,98,126)(H,99,114)(H,100,117)(H,101,123)(H,102,124)(H,103,121)(H,104,116)(H,105,118)(H,106,119)(H,107,122)(H,108,127)(H,109,120)(H,110,125)(H,111,128)/t55-,56-,60+,62+,63+,64+,65+,66+,67+,68+,69+,70+,71+,73+,74+,75+/m1/s1. The summed E-state index contributed by atoms with van der Waals surface area (Å²) in [6, 6.07) is -2.89. The number of para-hydroxylation sites is 1. The summed E-state index contributed by atoms with van der Waals surface area (Å²) in [6.45, 7) is 20.5. The number of unbranched alkanes of at least 4 members (excludes halogenated alkanes) is 5. The molecule has 1 aromatic heterocycles. The van der Waals surface area contributed by atoms with Gasteiger partial charge in [0.25, 0.3) is 0 Å². The molecule has 2 aromatic carbocycles. The lowest BCUT2D eigenvalue weighted by atomic mass is 9.98. The molecule has 0 radical (unpaired) electrons. The number of hydrogen-bond donors (Lipinski definition) is 24. The Hall–Kier alpha value is -10.3. The van der Waals surface area contributed by atoms with E-state index in [9.17, 15) is 67.7 Å². The number of H-pyrrole nitrogens is 1. The van der Waals surface area contributed by atoms with Crippen LogP contribution in [0.3, 0.4) is 0 Å². The number of aromatic nitrogens is 1. The number of hydrogen-bond acceptors (Lipinski definition) is 23. The molecule has 720 valence electrons. The topological polar surface area (TPSA) is 663 Å². The third kappa shape index (κ3) is 41.4. The van der Waals surface area contributed by atoms with Crippen LogP contribution >= 0.6 is 0 Å². The molecule has 0 bridgehead atoms. The third-order valence-electron chi connectivity index (χ3n) is 21.5. The van der Waals surface area contributed by atoms with Gasteiger partial charge in [-0.2, -0.15) is 0 Å². The molecule has 0 aliphatic carbocycles. The van der Waals surface area contributed by atoms with Crippen molar-refractivity contribution >= 4 is 99.5 Å².